The Morgan fingerprint density at radius 2 is 1.91 bits per heavy atom. The van der Waals surface area contributed by atoms with E-state index in [0.29, 0.717) is 11.5 Å². The molecule has 120 valence electrons. The van der Waals surface area contributed by atoms with Gasteiger partial charge >= 0.3 is 0 Å². The molecule has 2 aromatic rings. The Morgan fingerprint density at radius 1 is 1.17 bits per heavy atom. The molecule has 2 N–H and O–H groups in total. The third kappa shape index (κ3) is 3.59. The van der Waals surface area contributed by atoms with Gasteiger partial charge in [0, 0.05) is 5.92 Å². The average Bonchev–Trinajstić information content (AvgIpc) is 2.52. The van der Waals surface area contributed by atoms with Crippen LogP contribution in [0.25, 0.3) is 0 Å². The highest BCUT2D eigenvalue weighted by atomic mass is 19.1. The van der Waals surface area contributed by atoms with E-state index < -0.39 is 6.04 Å². The summed E-state index contributed by atoms with van der Waals surface area (Å²) in [6, 6.07) is 15.6. The summed E-state index contributed by atoms with van der Waals surface area (Å²) in [5, 5.41) is 12.3. The fraction of sp³-hybridized carbons (Fsp3) is 0.316. The van der Waals surface area contributed by atoms with E-state index in [1.807, 2.05) is 18.2 Å². The molecule has 1 amide bonds. The predicted molar refractivity (Wildman–Crippen MR) is 86.3 cm³/mol. The third-order valence-electron chi connectivity index (χ3n) is 4.53. The van der Waals surface area contributed by atoms with Gasteiger partial charge in [0.05, 0.1) is 12.6 Å². The van der Waals surface area contributed by atoms with Crippen LogP contribution in [-0.4, -0.2) is 17.6 Å². The van der Waals surface area contributed by atoms with E-state index in [0.717, 1.165) is 12.8 Å². The molecule has 0 spiro atoms. The molecule has 1 aliphatic carbocycles. The zero-order valence-electron chi connectivity index (χ0n) is 12.8. The van der Waals surface area contributed by atoms with Crippen molar-refractivity contribution < 1.29 is 14.3 Å². The SMILES string of the molecule is O=C(NC(CO)c1cccc(F)c1)C1CC(c2ccccc2)C1. The van der Waals surface area contributed by atoms with Gasteiger partial charge in [0.15, 0.2) is 0 Å². The lowest BCUT2D eigenvalue weighted by molar-refractivity contribution is -0.129. The zero-order valence-corrected chi connectivity index (χ0v) is 12.8. The van der Waals surface area contributed by atoms with E-state index in [4.69, 9.17) is 0 Å². The first kappa shape index (κ1) is 15.7. The molecule has 1 unspecified atom stereocenters. The minimum atomic E-state index is -0.561. The lowest BCUT2D eigenvalue weighted by Gasteiger charge is -2.35. The number of aliphatic hydroxyl groups excluding tert-OH is 1. The Balaban J connectivity index is 1.57. The van der Waals surface area contributed by atoms with Gasteiger partial charge < -0.3 is 10.4 Å². The van der Waals surface area contributed by atoms with Gasteiger partial charge in [0.25, 0.3) is 0 Å². The van der Waals surface area contributed by atoms with E-state index >= 15 is 0 Å². The van der Waals surface area contributed by atoms with Gasteiger partial charge in [-0.1, -0.05) is 42.5 Å². The van der Waals surface area contributed by atoms with E-state index in [2.05, 4.69) is 17.4 Å². The van der Waals surface area contributed by atoms with Crippen LogP contribution < -0.4 is 5.32 Å². The molecule has 0 heterocycles. The van der Waals surface area contributed by atoms with Gasteiger partial charge in [-0.15, -0.1) is 0 Å². The van der Waals surface area contributed by atoms with Crippen LogP contribution in [0, 0.1) is 11.7 Å². The van der Waals surface area contributed by atoms with Crippen molar-refractivity contribution in [2.24, 2.45) is 5.92 Å². The molecule has 2 aromatic carbocycles. The van der Waals surface area contributed by atoms with Gasteiger partial charge in [-0.3, -0.25) is 4.79 Å². The molecule has 1 saturated carbocycles. The standard InChI is InChI=1S/C19H20FNO2/c20-17-8-4-7-14(11-17)18(12-22)21-19(23)16-9-15(10-16)13-5-2-1-3-6-13/h1-8,11,15-16,18,22H,9-10,12H2,(H,21,23). The molecule has 0 bridgehead atoms. The van der Waals surface area contributed by atoms with E-state index in [1.54, 1.807) is 12.1 Å². The van der Waals surface area contributed by atoms with Crippen LogP contribution in [0.4, 0.5) is 4.39 Å². The molecule has 0 aliphatic heterocycles. The van der Waals surface area contributed by atoms with Crippen molar-refractivity contribution >= 4 is 5.91 Å². The zero-order chi connectivity index (χ0) is 16.2. The average molecular weight is 313 g/mol. The van der Waals surface area contributed by atoms with Crippen LogP contribution in [0.2, 0.25) is 0 Å². The number of amides is 1. The summed E-state index contributed by atoms with van der Waals surface area (Å²) in [5.74, 6) is -0.0556. The number of hydrogen-bond donors (Lipinski definition) is 2. The second kappa shape index (κ2) is 6.92. The Bertz CT molecular complexity index is 668. The predicted octanol–water partition coefficient (Wildman–Crippen LogP) is 3.17. The van der Waals surface area contributed by atoms with Crippen LogP contribution in [0.15, 0.2) is 54.6 Å². The summed E-state index contributed by atoms with van der Waals surface area (Å²) in [7, 11) is 0. The van der Waals surface area contributed by atoms with Crippen LogP contribution in [0.3, 0.4) is 0 Å². The van der Waals surface area contributed by atoms with Crippen LogP contribution in [-0.2, 0) is 4.79 Å². The maximum Gasteiger partial charge on any atom is 0.223 e. The third-order valence-corrected chi connectivity index (χ3v) is 4.53. The van der Waals surface area contributed by atoms with Crippen molar-refractivity contribution in [2.45, 2.75) is 24.8 Å². The number of nitrogens with one attached hydrogen (secondary N) is 1. The second-order valence-corrected chi connectivity index (χ2v) is 6.07. The van der Waals surface area contributed by atoms with E-state index in [-0.39, 0.29) is 24.2 Å². The maximum atomic E-state index is 13.3. The lowest BCUT2D eigenvalue weighted by Crippen LogP contribution is -2.40. The Labute approximate surface area is 135 Å². The monoisotopic (exact) mass is 313 g/mol. The molecule has 1 atom stereocenters. The lowest BCUT2D eigenvalue weighted by atomic mass is 9.71. The normalized spacial score (nSPS) is 21.3. The Hall–Kier alpha value is -2.20. The molecule has 4 heteroatoms. The first-order valence-corrected chi connectivity index (χ1v) is 7.89. The van der Waals surface area contributed by atoms with Gasteiger partial charge in [-0.25, -0.2) is 4.39 Å². The first-order chi connectivity index (χ1) is 11.2. The van der Waals surface area contributed by atoms with Crippen LogP contribution in [0.1, 0.15) is 35.9 Å². The summed E-state index contributed by atoms with van der Waals surface area (Å²) in [5.41, 5.74) is 1.85. The van der Waals surface area contributed by atoms with Gasteiger partial charge in [0.2, 0.25) is 5.91 Å². The van der Waals surface area contributed by atoms with Gasteiger partial charge in [-0.05, 0) is 42.0 Å². The molecular formula is C19H20FNO2. The summed E-state index contributed by atoms with van der Waals surface area (Å²) in [6.07, 6.45) is 1.63. The first-order valence-electron chi connectivity index (χ1n) is 7.89. The Morgan fingerprint density at radius 3 is 2.57 bits per heavy atom. The summed E-state index contributed by atoms with van der Waals surface area (Å²) < 4.78 is 13.3. The van der Waals surface area contributed by atoms with E-state index in [1.165, 1.54) is 17.7 Å². The topological polar surface area (TPSA) is 49.3 Å². The van der Waals surface area contributed by atoms with Crippen molar-refractivity contribution in [1.82, 2.24) is 5.32 Å². The molecule has 1 aliphatic rings. The van der Waals surface area contributed by atoms with E-state index in [9.17, 15) is 14.3 Å². The molecule has 23 heavy (non-hydrogen) atoms. The number of halogens is 1. The van der Waals surface area contributed by atoms with Crippen molar-refractivity contribution in [3.63, 3.8) is 0 Å². The number of benzene rings is 2. The molecule has 3 nitrogen and oxygen atoms in total. The van der Waals surface area contributed by atoms with Gasteiger partial charge in [-0.2, -0.15) is 0 Å². The van der Waals surface area contributed by atoms with Crippen molar-refractivity contribution in [3.05, 3.63) is 71.5 Å². The minimum absolute atomic E-state index is 0.0391. The fourth-order valence-electron chi connectivity index (χ4n) is 3.08. The number of hydrogen-bond acceptors (Lipinski definition) is 2. The smallest absolute Gasteiger partial charge is 0.223 e. The molecule has 0 saturated heterocycles. The highest BCUT2D eigenvalue weighted by Crippen LogP contribution is 2.41. The number of rotatable bonds is 5. The maximum absolute atomic E-state index is 13.3. The summed E-state index contributed by atoms with van der Waals surface area (Å²) >= 11 is 0. The largest absolute Gasteiger partial charge is 0.394 e. The van der Waals surface area contributed by atoms with Crippen LogP contribution in [0.5, 0.6) is 0 Å². The quantitative estimate of drug-likeness (QED) is 0.891. The Kier molecular flexibility index (Phi) is 4.72. The molecule has 1 fully saturated rings. The van der Waals surface area contributed by atoms with Crippen molar-refractivity contribution in [3.8, 4) is 0 Å². The molecule has 0 aromatic heterocycles. The highest BCUT2D eigenvalue weighted by Gasteiger charge is 2.35. The minimum Gasteiger partial charge on any atom is -0.394 e. The summed E-state index contributed by atoms with van der Waals surface area (Å²) in [6.45, 7) is -0.246. The van der Waals surface area contributed by atoms with Crippen molar-refractivity contribution in [1.29, 1.82) is 0 Å². The number of aliphatic hydroxyl groups is 1. The second-order valence-electron chi connectivity index (χ2n) is 6.07. The van der Waals surface area contributed by atoms with Gasteiger partial charge in [0.1, 0.15) is 5.82 Å². The molecule has 0 radical (unpaired) electrons. The highest BCUT2D eigenvalue weighted by molar-refractivity contribution is 5.80. The molecular weight excluding hydrogens is 293 g/mol. The van der Waals surface area contributed by atoms with Crippen molar-refractivity contribution in [2.75, 3.05) is 6.61 Å². The number of carbonyl (C=O) groups excluding carboxylic acids is 1. The fourth-order valence-corrected chi connectivity index (χ4v) is 3.08. The molecule has 3 rings (SSSR count). The summed E-state index contributed by atoms with van der Waals surface area (Å²) in [4.78, 5) is 12.3. The number of carbonyl (C=O) groups is 1. The van der Waals surface area contributed by atoms with Crippen LogP contribution >= 0.6 is 0 Å².